The molecule has 2 atom stereocenters. The summed E-state index contributed by atoms with van der Waals surface area (Å²) in [7, 11) is 0. The Labute approximate surface area is 343 Å². The number of morpholine rings is 1. The predicted octanol–water partition coefficient (Wildman–Crippen LogP) is 2.73. The lowest BCUT2D eigenvalue weighted by atomic mass is 10.1. The van der Waals surface area contributed by atoms with E-state index in [1.165, 1.54) is 16.9 Å². The number of nitrogens with one attached hydrogen (secondary N) is 2. The van der Waals surface area contributed by atoms with E-state index in [0.29, 0.717) is 59.0 Å². The van der Waals surface area contributed by atoms with Crippen LogP contribution in [0.5, 0.6) is 0 Å². The van der Waals surface area contributed by atoms with Gasteiger partial charge in [0.05, 0.1) is 45.9 Å². The lowest BCUT2D eigenvalue weighted by Crippen LogP contribution is -2.42. The van der Waals surface area contributed by atoms with Crippen molar-refractivity contribution in [3.8, 4) is 0 Å². The third-order valence-corrected chi connectivity index (χ3v) is 10.9. The van der Waals surface area contributed by atoms with Crippen molar-refractivity contribution in [3.63, 3.8) is 0 Å². The molecule has 0 saturated carbocycles. The van der Waals surface area contributed by atoms with Gasteiger partial charge in [0.15, 0.2) is 5.65 Å². The quantitative estimate of drug-likeness (QED) is 0.0994. The topological polar surface area (TPSA) is 267 Å². The van der Waals surface area contributed by atoms with Gasteiger partial charge in [0.2, 0.25) is 23.7 Å². The lowest BCUT2D eigenvalue weighted by molar-refractivity contribution is -0.0409. The number of primary amides is 2. The summed E-state index contributed by atoms with van der Waals surface area (Å²) in [6, 6.07) is 6.66. The molecular formula is C40H47N15O5. The molecule has 2 fully saturated rings. The van der Waals surface area contributed by atoms with Crippen molar-refractivity contribution in [3.05, 3.63) is 82.1 Å². The summed E-state index contributed by atoms with van der Waals surface area (Å²) in [5, 5.41) is 14.7. The number of carbonyl (C=O) groups is 4. The van der Waals surface area contributed by atoms with Crippen molar-refractivity contribution >= 4 is 63.4 Å². The Morgan fingerprint density at radius 3 is 2.13 bits per heavy atom. The van der Waals surface area contributed by atoms with Crippen molar-refractivity contribution < 1.29 is 23.9 Å². The number of allylic oxidation sites excluding steroid dienone is 2. The Hall–Kier alpha value is -6.93. The molecule has 2 unspecified atom stereocenters. The largest absolute Gasteiger partial charge is 0.395 e. The van der Waals surface area contributed by atoms with E-state index in [4.69, 9.17) is 26.9 Å². The van der Waals surface area contributed by atoms with Crippen LogP contribution in [0.4, 0.5) is 17.6 Å². The number of nitrogen functional groups attached to an aromatic ring is 1. The van der Waals surface area contributed by atoms with Crippen LogP contribution in [0.15, 0.2) is 42.6 Å². The number of aryl methyl sites for hydroxylation is 4. The molecule has 0 radical (unpaired) electrons. The van der Waals surface area contributed by atoms with E-state index in [-0.39, 0.29) is 54.1 Å². The molecule has 1 aromatic carbocycles. The van der Waals surface area contributed by atoms with E-state index in [1.54, 1.807) is 34.4 Å². The maximum Gasteiger partial charge on any atom is 0.278 e. The second kappa shape index (κ2) is 16.0. The Balaban J connectivity index is 1.16. The predicted molar refractivity (Wildman–Crippen MR) is 222 cm³/mol. The minimum absolute atomic E-state index is 0.147. The van der Waals surface area contributed by atoms with Gasteiger partial charge in [-0.2, -0.15) is 10.2 Å². The average molecular weight is 818 g/mol. The van der Waals surface area contributed by atoms with Crippen LogP contribution in [-0.4, -0.2) is 97.5 Å². The summed E-state index contributed by atoms with van der Waals surface area (Å²) in [4.78, 5) is 68.4. The Kier molecular flexibility index (Phi) is 10.6. The fraction of sp³-hybridized carbons (Fsp3) is 0.375. The number of aromatic nitrogens is 9. The molecule has 7 heterocycles. The summed E-state index contributed by atoms with van der Waals surface area (Å²) < 4.78 is 12.8. The van der Waals surface area contributed by atoms with Gasteiger partial charge in [-0.05, 0) is 70.4 Å². The first kappa shape index (κ1) is 39.9. The van der Waals surface area contributed by atoms with Gasteiger partial charge in [-0.15, -0.1) is 0 Å². The van der Waals surface area contributed by atoms with E-state index in [2.05, 4.69) is 35.7 Å². The first-order chi connectivity index (χ1) is 28.8. The van der Waals surface area contributed by atoms with E-state index in [9.17, 15) is 19.2 Å². The summed E-state index contributed by atoms with van der Waals surface area (Å²) in [6.07, 6.45) is 7.40. The molecular weight excluding hydrogens is 771 g/mol. The molecule has 0 spiro atoms. The minimum Gasteiger partial charge on any atom is -0.395 e. The number of nitrogens with zero attached hydrogens (tertiary/aromatic N) is 10. The molecule has 5 aromatic heterocycles. The first-order valence-corrected chi connectivity index (χ1v) is 19.8. The number of hydrogen-bond donors (Lipinski definition) is 5. The molecule has 20 nitrogen and oxygen atoms in total. The molecule has 8 N–H and O–H groups in total. The zero-order valence-corrected chi connectivity index (χ0v) is 33.8. The number of amides is 4. The molecule has 6 aromatic rings. The summed E-state index contributed by atoms with van der Waals surface area (Å²) >= 11 is 0. The SMILES string of the molecule is CCn1nc(C)cc1C(=O)Nc1nc2cc(C(N)=O)cc(CN3CC4CCC(C3)O4)c2n1C/C=C/Cn1c(NC(=O)c2c(N)c(C)nn2CC)nc2cc(C(N)=O)cnc21. The molecule has 0 aliphatic carbocycles. The molecule has 60 heavy (non-hydrogen) atoms. The molecule has 2 bridgehead atoms. The van der Waals surface area contributed by atoms with Crippen molar-refractivity contribution in [2.24, 2.45) is 11.5 Å². The fourth-order valence-electron chi connectivity index (χ4n) is 8.09. The Morgan fingerprint density at radius 1 is 0.817 bits per heavy atom. The third-order valence-electron chi connectivity index (χ3n) is 10.9. The van der Waals surface area contributed by atoms with Crippen molar-refractivity contribution in [2.75, 3.05) is 29.5 Å². The van der Waals surface area contributed by atoms with Crippen LogP contribution in [-0.2, 0) is 37.5 Å². The fourth-order valence-corrected chi connectivity index (χ4v) is 8.09. The van der Waals surface area contributed by atoms with Crippen LogP contribution in [0.25, 0.3) is 22.2 Å². The number of nitrogens with two attached hydrogens (primary N) is 3. The number of rotatable bonds is 14. The van der Waals surface area contributed by atoms with Gasteiger partial charge >= 0.3 is 0 Å². The Bertz CT molecular complexity index is 2710. The van der Waals surface area contributed by atoms with Crippen LogP contribution in [0, 0.1) is 13.8 Å². The highest BCUT2D eigenvalue weighted by Gasteiger charge is 2.34. The molecule has 2 aliphatic rings. The molecule has 2 aliphatic heterocycles. The van der Waals surface area contributed by atoms with E-state index < -0.39 is 23.6 Å². The van der Waals surface area contributed by atoms with Crippen molar-refractivity contribution in [2.45, 2.75) is 85.5 Å². The highest BCUT2D eigenvalue weighted by atomic mass is 16.5. The van der Waals surface area contributed by atoms with Crippen molar-refractivity contribution in [1.29, 1.82) is 0 Å². The second-order valence-electron chi connectivity index (χ2n) is 15.1. The number of hydrogen-bond acceptors (Lipinski definition) is 12. The van der Waals surface area contributed by atoms with E-state index in [1.807, 2.05) is 37.5 Å². The van der Waals surface area contributed by atoms with E-state index >= 15 is 0 Å². The van der Waals surface area contributed by atoms with E-state index in [0.717, 1.165) is 37.0 Å². The molecule has 20 heteroatoms. The summed E-state index contributed by atoms with van der Waals surface area (Å²) in [6.45, 7) is 10.6. The summed E-state index contributed by atoms with van der Waals surface area (Å²) in [5.74, 6) is -1.77. The zero-order valence-electron chi connectivity index (χ0n) is 33.8. The normalized spacial score (nSPS) is 16.7. The summed E-state index contributed by atoms with van der Waals surface area (Å²) in [5.41, 5.74) is 22.9. The number of fused-ring (bicyclic) bond motifs is 4. The third kappa shape index (κ3) is 7.57. The number of benzene rings is 1. The lowest BCUT2D eigenvalue weighted by Gasteiger charge is -2.32. The smallest absolute Gasteiger partial charge is 0.278 e. The van der Waals surface area contributed by atoms with Crippen LogP contribution in [0.1, 0.15) is 85.3 Å². The standard InChI is InChI=1S/C40H47N15O5/c1-5-54-30(13-21(3)49-54)37(58)47-39-45-28-15-23(34(42)56)14-25(18-51-19-26-9-10-27(20-51)60-26)32(28)52(39)11-7-8-12-53-36-29(16-24(17-44-36)35(43)57)46-40(53)48-38(59)33-31(41)22(4)50-55(33)6-2/h7-8,13-17,26-27H,5-6,9-12,18-20,41H2,1-4H3,(H2,42,56)(H2,43,57)(H,45,47,58)(H,46,48,59)/b8-7+. The molecule has 312 valence electrons. The van der Waals surface area contributed by atoms with Crippen molar-refractivity contribution in [1.82, 2.24) is 48.5 Å². The van der Waals surface area contributed by atoms with Crippen LogP contribution < -0.4 is 27.8 Å². The van der Waals surface area contributed by atoms with Crippen LogP contribution >= 0.6 is 0 Å². The number of imidazole rings is 2. The number of likely N-dealkylation sites (tertiary alicyclic amines) is 1. The van der Waals surface area contributed by atoms with Crippen LogP contribution in [0.3, 0.4) is 0 Å². The Morgan fingerprint density at radius 2 is 1.45 bits per heavy atom. The first-order valence-electron chi connectivity index (χ1n) is 19.8. The minimum atomic E-state index is -0.674. The number of pyridine rings is 1. The van der Waals surface area contributed by atoms with Gasteiger partial charge in [-0.25, -0.2) is 15.0 Å². The maximum atomic E-state index is 13.8. The van der Waals surface area contributed by atoms with Crippen LogP contribution in [0.2, 0.25) is 0 Å². The van der Waals surface area contributed by atoms with Gasteiger partial charge in [0, 0.05) is 57.6 Å². The van der Waals surface area contributed by atoms with Gasteiger partial charge < -0.3 is 26.5 Å². The van der Waals surface area contributed by atoms with Gasteiger partial charge in [0.25, 0.3) is 11.8 Å². The zero-order chi connectivity index (χ0) is 42.4. The molecule has 4 amide bonds. The monoisotopic (exact) mass is 817 g/mol. The molecule has 8 rings (SSSR count). The second-order valence-corrected chi connectivity index (χ2v) is 15.1. The van der Waals surface area contributed by atoms with Gasteiger partial charge in [-0.3, -0.25) is 48.6 Å². The van der Waals surface area contributed by atoms with Gasteiger partial charge in [-0.1, -0.05) is 12.2 Å². The highest BCUT2D eigenvalue weighted by Crippen LogP contribution is 2.31. The number of anilines is 3. The molecule has 2 saturated heterocycles. The highest BCUT2D eigenvalue weighted by molar-refractivity contribution is 6.07. The average Bonchev–Trinajstić information content (AvgIpc) is 4.02. The number of ether oxygens (including phenoxy) is 1. The number of carbonyl (C=O) groups excluding carboxylic acids is 4. The van der Waals surface area contributed by atoms with Gasteiger partial charge in [0.1, 0.15) is 16.9 Å². The maximum absolute atomic E-state index is 13.8.